The number of nitrogen functional groups attached to an aromatic ring is 2. The molecule has 0 aliphatic carbocycles. The van der Waals surface area contributed by atoms with Crippen LogP contribution in [-0.2, 0) is 58.6 Å². The number of phosphoric acid groups is 5. The molecule has 0 spiro atoms. The third-order valence-corrected chi connectivity index (χ3v) is 14.1. The minimum absolute atomic E-state index is 0.207. The van der Waals surface area contributed by atoms with E-state index in [2.05, 4.69) is 36.3 Å². The predicted molar refractivity (Wildman–Crippen MR) is 163 cm³/mol. The Balaban J connectivity index is 1.30. The Morgan fingerprint density at radius 3 is 1.19 bits per heavy atom. The number of aliphatic hydroxyl groups is 4. The van der Waals surface area contributed by atoms with E-state index in [1.54, 1.807) is 0 Å². The minimum atomic E-state index is -6.47. The minimum Gasteiger partial charge on any atom is -0.387 e. The van der Waals surface area contributed by atoms with Gasteiger partial charge in [0.25, 0.3) is 0 Å². The number of hydrogen-bond donors (Lipinski definition) is 11. The number of ether oxygens (including phenoxy) is 2. The number of rotatable bonds is 16. The number of phosphoric ester groups is 2. The summed E-state index contributed by atoms with van der Waals surface area (Å²) in [5, 5.41) is 40.8. The molecule has 0 aromatic carbocycles. The van der Waals surface area contributed by atoms with Crippen molar-refractivity contribution in [1.82, 2.24) is 19.1 Å². The highest BCUT2D eigenvalue weighted by atomic mass is 31.3. The predicted octanol–water partition coefficient (Wildman–Crippen LogP) is -3.50. The van der Waals surface area contributed by atoms with Gasteiger partial charge in [-0.2, -0.15) is 27.2 Å². The highest BCUT2D eigenvalue weighted by Gasteiger charge is 2.50. The largest absolute Gasteiger partial charge is 0.490 e. The SMILES string of the molecule is Nc1ccn([C@@H]2O[C@H](COP(=O)(O)OP(=O)(O)OP(=O)(O)OP(=O)(O)OP(=O)(O)OC[C@H]3O[C@@H](n4ccc(N)nc4=O)[C@H](O)[C@@H]3O)[C@@H](O)[C@H]2O)c(=O)n1. The molecule has 35 heteroatoms. The molecule has 2 aromatic rings. The van der Waals surface area contributed by atoms with Gasteiger partial charge in [0.2, 0.25) is 0 Å². The van der Waals surface area contributed by atoms with E-state index in [4.69, 9.17) is 20.9 Å². The molecule has 30 nitrogen and oxygen atoms in total. The standard InChI is InChI=1S/C18H29N6O24P5/c19-9-1-3-23(17(29)21-9)15-13(27)11(25)7(43-15)5-41-49(31,32)45-51(35,36)47-53(39,40)48-52(37,38)46-50(33,34)42-6-8-12(26)14(28)16(44-8)24-4-2-10(20)22-18(24)30/h1-4,7-8,11-16,25-28H,5-6H2,(H,31,32)(H,33,34)(H,35,36)(H,37,38)(H,39,40)(H2,19,21,29)(H2,20,22,30)/t7-,8-,11-,12-,13-,14-,15-,16-/m1/s1. The molecule has 4 heterocycles. The number of nitrogens with zero attached hydrogens (tertiary/aromatic N) is 4. The first kappa shape index (κ1) is 43.6. The van der Waals surface area contributed by atoms with E-state index in [1.165, 1.54) is 0 Å². The lowest BCUT2D eigenvalue weighted by Gasteiger charge is -2.21. The van der Waals surface area contributed by atoms with Gasteiger partial charge in [-0.05, 0) is 12.1 Å². The molecule has 13 N–H and O–H groups in total. The van der Waals surface area contributed by atoms with Crippen LogP contribution in [0, 0.1) is 0 Å². The molecule has 12 atom stereocenters. The normalized spacial score (nSPS) is 31.9. The lowest BCUT2D eigenvalue weighted by Crippen LogP contribution is -2.36. The maximum absolute atomic E-state index is 12.3. The van der Waals surface area contributed by atoms with Crippen LogP contribution in [0.25, 0.3) is 0 Å². The number of aliphatic hydroxyl groups excluding tert-OH is 4. The summed E-state index contributed by atoms with van der Waals surface area (Å²) in [5.74, 6) is -0.414. The second-order valence-electron chi connectivity index (χ2n) is 10.4. The average Bonchev–Trinajstić information content (AvgIpc) is 3.42. The Morgan fingerprint density at radius 2 is 0.887 bits per heavy atom. The first-order chi connectivity index (χ1) is 24.2. The van der Waals surface area contributed by atoms with Crippen molar-refractivity contribution in [3.63, 3.8) is 0 Å². The van der Waals surface area contributed by atoms with Crippen molar-refractivity contribution in [3.05, 3.63) is 45.5 Å². The van der Waals surface area contributed by atoms with Gasteiger partial charge in [0.1, 0.15) is 48.3 Å². The Morgan fingerprint density at radius 1 is 0.585 bits per heavy atom. The van der Waals surface area contributed by atoms with Crippen LogP contribution in [-0.4, -0.2) is 114 Å². The average molecular weight is 868 g/mol. The molecule has 0 bridgehead atoms. The molecule has 2 aromatic heterocycles. The quantitative estimate of drug-likeness (QED) is 0.0729. The van der Waals surface area contributed by atoms with Crippen LogP contribution >= 0.6 is 39.1 Å². The van der Waals surface area contributed by atoms with E-state index in [9.17, 15) is 77.3 Å². The summed E-state index contributed by atoms with van der Waals surface area (Å²) in [5.41, 5.74) is 8.65. The van der Waals surface area contributed by atoms with Gasteiger partial charge in [-0.25, -0.2) is 32.4 Å². The second kappa shape index (κ2) is 16.1. The van der Waals surface area contributed by atoms with Crippen molar-refractivity contribution in [3.8, 4) is 0 Å². The van der Waals surface area contributed by atoms with E-state index < -0.39 is 113 Å². The van der Waals surface area contributed by atoms with Crippen molar-refractivity contribution in [2.45, 2.75) is 49.1 Å². The second-order valence-corrected chi connectivity index (χ2v) is 18.3. The summed E-state index contributed by atoms with van der Waals surface area (Å²) in [7, 11) is -31.0. The van der Waals surface area contributed by atoms with Crippen molar-refractivity contribution < 1.29 is 103 Å². The smallest absolute Gasteiger partial charge is 0.387 e. The van der Waals surface area contributed by atoms with Gasteiger partial charge in [-0.15, -0.1) is 0 Å². The first-order valence-corrected chi connectivity index (χ1v) is 21.2. The highest BCUT2D eigenvalue weighted by Crippen LogP contribution is 2.73. The number of anilines is 2. The van der Waals surface area contributed by atoms with Gasteiger partial charge < -0.3 is 65.8 Å². The molecule has 2 aliphatic heterocycles. The van der Waals surface area contributed by atoms with Crippen LogP contribution in [0.5, 0.6) is 0 Å². The summed E-state index contributed by atoms with van der Waals surface area (Å²) in [6.07, 6.45) is -12.4. The first-order valence-electron chi connectivity index (χ1n) is 13.7. The molecule has 300 valence electrons. The molecule has 2 saturated heterocycles. The Bertz CT molecular complexity index is 1890. The zero-order valence-corrected chi connectivity index (χ0v) is 30.1. The fourth-order valence-corrected chi connectivity index (χ4v) is 10.8. The van der Waals surface area contributed by atoms with Crippen molar-refractivity contribution in [2.24, 2.45) is 0 Å². The van der Waals surface area contributed by atoms with Crippen LogP contribution in [0.3, 0.4) is 0 Å². The fourth-order valence-electron chi connectivity index (χ4n) is 4.38. The third-order valence-electron chi connectivity index (χ3n) is 6.56. The van der Waals surface area contributed by atoms with Crippen molar-refractivity contribution in [1.29, 1.82) is 0 Å². The summed E-state index contributed by atoms with van der Waals surface area (Å²) < 4.78 is 96.3. The molecule has 0 amide bonds. The van der Waals surface area contributed by atoms with E-state index in [-0.39, 0.29) is 11.6 Å². The van der Waals surface area contributed by atoms with Gasteiger partial charge >= 0.3 is 50.5 Å². The summed E-state index contributed by atoms with van der Waals surface area (Å²) in [6, 6.07) is 2.25. The molecular formula is C18H29N6O24P5. The summed E-state index contributed by atoms with van der Waals surface area (Å²) in [6.45, 7) is -2.48. The van der Waals surface area contributed by atoms with Crippen LogP contribution in [0.4, 0.5) is 11.6 Å². The van der Waals surface area contributed by atoms with Gasteiger partial charge in [0.15, 0.2) is 12.5 Å². The van der Waals surface area contributed by atoms with E-state index in [0.29, 0.717) is 9.13 Å². The molecule has 4 rings (SSSR count). The fraction of sp³-hybridized carbons (Fsp3) is 0.556. The van der Waals surface area contributed by atoms with Gasteiger partial charge in [-0.1, -0.05) is 0 Å². The van der Waals surface area contributed by atoms with E-state index in [0.717, 1.165) is 24.5 Å². The molecule has 4 unspecified atom stereocenters. The van der Waals surface area contributed by atoms with Gasteiger partial charge in [-0.3, -0.25) is 18.2 Å². The highest BCUT2D eigenvalue weighted by molar-refractivity contribution is 7.71. The molecule has 0 saturated carbocycles. The zero-order valence-electron chi connectivity index (χ0n) is 25.7. The maximum Gasteiger partial charge on any atom is 0.490 e. The monoisotopic (exact) mass is 868 g/mol. The molecule has 0 radical (unpaired) electrons. The summed E-state index contributed by atoms with van der Waals surface area (Å²) >= 11 is 0. The zero-order chi connectivity index (χ0) is 39.9. The van der Waals surface area contributed by atoms with Crippen LogP contribution in [0.1, 0.15) is 12.5 Å². The van der Waals surface area contributed by atoms with E-state index >= 15 is 0 Å². The van der Waals surface area contributed by atoms with Crippen LogP contribution in [0.15, 0.2) is 34.1 Å². The maximum atomic E-state index is 12.3. The Labute approximate surface area is 292 Å². The topological polar surface area (TPSA) is 463 Å². The van der Waals surface area contributed by atoms with Crippen molar-refractivity contribution >= 4 is 50.7 Å². The van der Waals surface area contributed by atoms with Crippen molar-refractivity contribution in [2.75, 3.05) is 24.7 Å². The number of hydrogen-bond acceptors (Lipinski definition) is 23. The van der Waals surface area contributed by atoms with Crippen LogP contribution < -0.4 is 22.8 Å². The van der Waals surface area contributed by atoms with E-state index in [1.807, 2.05) is 0 Å². The Hall–Kier alpha value is -2.17. The van der Waals surface area contributed by atoms with Gasteiger partial charge in [0.05, 0.1) is 13.2 Å². The third kappa shape index (κ3) is 11.4. The molecule has 2 aliphatic rings. The number of aromatic nitrogens is 4. The van der Waals surface area contributed by atoms with Gasteiger partial charge in [0, 0.05) is 12.4 Å². The Kier molecular flexibility index (Phi) is 13.3. The molecular weight excluding hydrogens is 839 g/mol. The van der Waals surface area contributed by atoms with Crippen LogP contribution in [0.2, 0.25) is 0 Å². The lowest BCUT2D eigenvalue weighted by atomic mass is 10.1. The molecule has 2 fully saturated rings. The molecule has 53 heavy (non-hydrogen) atoms. The number of nitrogens with two attached hydrogens (primary N) is 2. The lowest BCUT2D eigenvalue weighted by molar-refractivity contribution is -0.0541. The summed E-state index contributed by atoms with van der Waals surface area (Å²) in [4.78, 5) is 79.6.